The van der Waals surface area contributed by atoms with Crippen LogP contribution in [-0.4, -0.2) is 54.7 Å². The van der Waals surface area contributed by atoms with Crippen LogP contribution >= 0.6 is 11.8 Å². The van der Waals surface area contributed by atoms with E-state index >= 15 is 0 Å². The summed E-state index contributed by atoms with van der Waals surface area (Å²) < 4.78 is 0. The van der Waals surface area contributed by atoms with Gasteiger partial charge in [-0.15, -0.1) is 11.8 Å². The molecule has 2 rings (SSSR count). The van der Waals surface area contributed by atoms with Crippen molar-refractivity contribution >= 4 is 23.6 Å². The lowest BCUT2D eigenvalue weighted by atomic mass is 10.3. The molecule has 1 heterocycles. The minimum atomic E-state index is -0.503. The zero-order chi connectivity index (χ0) is 16.5. The summed E-state index contributed by atoms with van der Waals surface area (Å²) in [5, 5.41) is 5.69. The van der Waals surface area contributed by atoms with Gasteiger partial charge in [0.1, 0.15) is 6.04 Å². The van der Waals surface area contributed by atoms with Crippen LogP contribution in [0.4, 0.5) is 0 Å². The van der Waals surface area contributed by atoms with Crippen LogP contribution in [0, 0.1) is 0 Å². The van der Waals surface area contributed by atoms with Crippen LogP contribution in [-0.2, 0) is 9.59 Å². The fourth-order valence-corrected chi connectivity index (χ4v) is 3.53. The Kier molecular flexibility index (Phi) is 7.42. The van der Waals surface area contributed by atoms with Gasteiger partial charge in [-0.3, -0.25) is 9.59 Å². The molecule has 0 aromatic heterocycles. The van der Waals surface area contributed by atoms with E-state index in [0.717, 1.165) is 24.5 Å². The van der Waals surface area contributed by atoms with Crippen molar-refractivity contribution in [2.75, 3.05) is 31.9 Å². The minimum absolute atomic E-state index is 0.108. The third-order valence-corrected chi connectivity index (χ3v) is 4.89. The van der Waals surface area contributed by atoms with Gasteiger partial charge in [-0.2, -0.15) is 0 Å². The Morgan fingerprint density at radius 2 is 1.91 bits per heavy atom. The summed E-state index contributed by atoms with van der Waals surface area (Å²) in [6.45, 7) is 5.19. The normalized spacial score (nSPS) is 16.0. The topological polar surface area (TPSA) is 61.4 Å². The number of hydrogen-bond acceptors (Lipinski definition) is 4. The highest BCUT2D eigenvalue weighted by atomic mass is 32.2. The molecular weight excluding hydrogens is 310 g/mol. The molecule has 5 nitrogen and oxygen atoms in total. The first kappa shape index (κ1) is 17.8. The number of benzene rings is 1. The molecule has 1 aliphatic heterocycles. The Balaban J connectivity index is 1.78. The Bertz CT molecular complexity index is 504. The van der Waals surface area contributed by atoms with Crippen LogP contribution in [0.2, 0.25) is 0 Å². The molecule has 126 valence electrons. The highest BCUT2D eigenvalue weighted by Crippen LogP contribution is 2.18. The Morgan fingerprint density at radius 1 is 1.22 bits per heavy atom. The van der Waals surface area contributed by atoms with Gasteiger partial charge < -0.3 is 15.5 Å². The van der Waals surface area contributed by atoms with E-state index in [1.807, 2.05) is 30.3 Å². The molecule has 1 aliphatic rings. The number of hydrogen-bond donors (Lipinski definition) is 2. The van der Waals surface area contributed by atoms with E-state index in [4.69, 9.17) is 0 Å². The fraction of sp³-hybridized carbons (Fsp3) is 0.529. The predicted octanol–water partition coefficient (Wildman–Crippen LogP) is 1.50. The van der Waals surface area contributed by atoms with Crippen LogP contribution in [0.1, 0.15) is 19.8 Å². The number of nitrogens with one attached hydrogen (secondary N) is 2. The summed E-state index contributed by atoms with van der Waals surface area (Å²) in [6.07, 6.45) is 2.49. The van der Waals surface area contributed by atoms with Gasteiger partial charge in [0.25, 0.3) is 0 Å². The zero-order valence-electron chi connectivity index (χ0n) is 13.6. The molecule has 0 aliphatic carbocycles. The molecule has 0 radical (unpaired) electrons. The van der Waals surface area contributed by atoms with Crippen molar-refractivity contribution in [3.8, 4) is 0 Å². The molecule has 1 fully saturated rings. The Hall–Kier alpha value is -1.53. The van der Waals surface area contributed by atoms with Gasteiger partial charge in [-0.25, -0.2) is 0 Å². The van der Waals surface area contributed by atoms with E-state index in [1.54, 1.807) is 11.8 Å². The number of rotatable bonds is 8. The molecule has 1 atom stereocenters. The molecule has 2 amide bonds. The quantitative estimate of drug-likeness (QED) is 0.707. The van der Waals surface area contributed by atoms with Crippen molar-refractivity contribution in [1.29, 1.82) is 0 Å². The lowest BCUT2D eigenvalue weighted by Gasteiger charge is -2.19. The summed E-state index contributed by atoms with van der Waals surface area (Å²) in [5.74, 6) is 0.236. The molecule has 2 N–H and O–H groups in total. The van der Waals surface area contributed by atoms with Gasteiger partial charge in [0, 0.05) is 30.7 Å². The number of carbonyl (C=O) groups excluding carboxylic acids is 2. The number of carbonyl (C=O) groups is 2. The van der Waals surface area contributed by atoms with Crippen LogP contribution in [0.3, 0.4) is 0 Å². The van der Waals surface area contributed by atoms with E-state index in [9.17, 15) is 9.59 Å². The average Bonchev–Trinajstić information content (AvgIpc) is 3.05. The van der Waals surface area contributed by atoms with Crippen molar-refractivity contribution in [3.05, 3.63) is 30.3 Å². The molecular formula is C17H25N3O2S. The van der Waals surface area contributed by atoms with Gasteiger partial charge >= 0.3 is 0 Å². The minimum Gasteiger partial charge on any atom is -0.353 e. The second kappa shape index (κ2) is 9.57. The highest BCUT2D eigenvalue weighted by molar-refractivity contribution is 7.99. The van der Waals surface area contributed by atoms with E-state index in [0.29, 0.717) is 12.3 Å². The van der Waals surface area contributed by atoms with Crippen LogP contribution in [0.15, 0.2) is 35.2 Å². The third kappa shape index (κ3) is 6.62. The summed E-state index contributed by atoms with van der Waals surface area (Å²) in [5.41, 5.74) is 0. The highest BCUT2D eigenvalue weighted by Gasteiger charge is 2.20. The van der Waals surface area contributed by atoms with Crippen LogP contribution < -0.4 is 10.6 Å². The van der Waals surface area contributed by atoms with Crippen LogP contribution in [0.5, 0.6) is 0 Å². The monoisotopic (exact) mass is 335 g/mol. The average molecular weight is 335 g/mol. The maximum atomic E-state index is 12.3. The Labute approximate surface area is 142 Å². The van der Waals surface area contributed by atoms with Crippen molar-refractivity contribution in [2.24, 2.45) is 0 Å². The molecule has 1 saturated heterocycles. The first-order valence-electron chi connectivity index (χ1n) is 8.10. The molecule has 0 saturated carbocycles. The van der Waals surface area contributed by atoms with Gasteiger partial charge in [0.15, 0.2) is 0 Å². The zero-order valence-corrected chi connectivity index (χ0v) is 14.4. The van der Waals surface area contributed by atoms with Crippen molar-refractivity contribution < 1.29 is 9.59 Å². The van der Waals surface area contributed by atoms with E-state index in [2.05, 4.69) is 15.5 Å². The van der Waals surface area contributed by atoms with Gasteiger partial charge in [0.2, 0.25) is 11.8 Å². The first-order chi connectivity index (χ1) is 11.1. The van der Waals surface area contributed by atoms with Gasteiger partial charge in [0.05, 0.1) is 0 Å². The lowest BCUT2D eigenvalue weighted by molar-refractivity contribution is -0.127. The number of nitrogens with zero attached hydrogens (tertiary/aromatic N) is 1. The molecule has 1 unspecified atom stereocenters. The third-order valence-electron chi connectivity index (χ3n) is 3.78. The predicted molar refractivity (Wildman–Crippen MR) is 93.5 cm³/mol. The second-order valence-corrected chi connectivity index (χ2v) is 6.81. The largest absolute Gasteiger partial charge is 0.353 e. The van der Waals surface area contributed by atoms with E-state index in [1.165, 1.54) is 19.8 Å². The second-order valence-electron chi connectivity index (χ2n) is 5.72. The van der Waals surface area contributed by atoms with E-state index < -0.39 is 6.04 Å². The lowest BCUT2D eigenvalue weighted by Crippen LogP contribution is -2.49. The molecule has 0 spiro atoms. The fourth-order valence-electron chi connectivity index (χ4n) is 2.59. The maximum Gasteiger partial charge on any atom is 0.243 e. The number of thioether (sulfide) groups is 1. The smallest absolute Gasteiger partial charge is 0.243 e. The number of amides is 2. The number of likely N-dealkylation sites (tertiary alicyclic amines) is 1. The molecule has 23 heavy (non-hydrogen) atoms. The van der Waals surface area contributed by atoms with Crippen LogP contribution in [0.25, 0.3) is 0 Å². The van der Waals surface area contributed by atoms with Crippen molar-refractivity contribution in [2.45, 2.75) is 30.7 Å². The van der Waals surface area contributed by atoms with E-state index in [-0.39, 0.29) is 11.8 Å². The molecule has 1 aromatic rings. The summed E-state index contributed by atoms with van der Waals surface area (Å²) in [7, 11) is 0. The SMILES string of the molecule is CC(=O)NC(CSc1ccccc1)C(=O)NCCN1CCCC1. The summed E-state index contributed by atoms with van der Waals surface area (Å²) in [4.78, 5) is 27.1. The van der Waals surface area contributed by atoms with Gasteiger partial charge in [-0.1, -0.05) is 18.2 Å². The molecule has 1 aromatic carbocycles. The maximum absolute atomic E-state index is 12.3. The van der Waals surface area contributed by atoms with Gasteiger partial charge in [-0.05, 0) is 38.1 Å². The first-order valence-corrected chi connectivity index (χ1v) is 9.09. The summed E-state index contributed by atoms with van der Waals surface area (Å²) >= 11 is 1.57. The Morgan fingerprint density at radius 3 is 2.57 bits per heavy atom. The van der Waals surface area contributed by atoms with Crippen molar-refractivity contribution in [1.82, 2.24) is 15.5 Å². The molecule has 0 bridgehead atoms. The molecule has 6 heteroatoms. The standard InChI is InChI=1S/C17H25N3O2S/c1-14(21)19-16(13-23-15-7-3-2-4-8-15)17(22)18-9-12-20-10-5-6-11-20/h2-4,7-8,16H,5-6,9-13H2,1H3,(H,18,22)(H,19,21). The summed E-state index contributed by atoms with van der Waals surface area (Å²) in [6, 6.07) is 9.39. The van der Waals surface area contributed by atoms with Crippen molar-refractivity contribution in [3.63, 3.8) is 0 Å².